The number of imidazole rings is 1. The fourth-order valence-corrected chi connectivity index (χ4v) is 3.47. The third kappa shape index (κ3) is 3.73. The van der Waals surface area contributed by atoms with Crippen molar-refractivity contribution in [2.45, 2.75) is 45.3 Å². The second-order valence-corrected chi connectivity index (χ2v) is 8.16. The molecule has 0 bridgehead atoms. The van der Waals surface area contributed by atoms with Gasteiger partial charge in [-0.3, -0.25) is 4.57 Å². The lowest BCUT2D eigenvalue weighted by molar-refractivity contribution is 0.0173. The summed E-state index contributed by atoms with van der Waals surface area (Å²) in [6, 6.07) is 2.71. The second-order valence-electron chi connectivity index (χ2n) is 7.31. The fourth-order valence-electron chi connectivity index (χ4n) is 3.14. The first-order chi connectivity index (χ1) is 11.7. The molecule has 0 spiro atoms. The van der Waals surface area contributed by atoms with Crippen molar-refractivity contribution in [3.05, 3.63) is 32.9 Å². The minimum atomic E-state index is -0.565. The lowest BCUT2D eigenvalue weighted by Crippen LogP contribution is -2.44. The number of fused-ring (bicyclic) bond motifs is 1. The molecule has 6 nitrogen and oxygen atoms in total. The van der Waals surface area contributed by atoms with Crippen LogP contribution in [0.25, 0.3) is 11.0 Å². The van der Waals surface area contributed by atoms with Gasteiger partial charge in [0.05, 0.1) is 21.5 Å². The Hall–Kier alpha value is -1.83. The first-order valence-electron chi connectivity index (χ1n) is 8.23. The standard InChI is InChI=1S/C17H21BrFN3O3/c1-17(2,3)25-16(24)21-6-4-5-10(9-21)22-14-7-11(18)12(19)8-13(14)20-15(22)23/h7-8,10H,4-6,9H2,1-3H3,(H,20,23)/t10-/m1/s1. The summed E-state index contributed by atoms with van der Waals surface area (Å²) in [7, 11) is 0. The molecule has 2 heterocycles. The zero-order valence-corrected chi connectivity index (χ0v) is 16.0. The number of rotatable bonds is 1. The van der Waals surface area contributed by atoms with E-state index >= 15 is 0 Å². The Morgan fingerprint density at radius 2 is 2.12 bits per heavy atom. The summed E-state index contributed by atoms with van der Waals surface area (Å²) in [6.45, 7) is 6.45. The highest BCUT2D eigenvalue weighted by molar-refractivity contribution is 9.10. The number of aromatic amines is 1. The number of likely N-dealkylation sites (tertiary alicyclic amines) is 1. The van der Waals surface area contributed by atoms with E-state index in [0.29, 0.717) is 28.6 Å². The summed E-state index contributed by atoms with van der Waals surface area (Å²) in [5.41, 5.74) is 0.197. The molecule has 25 heavy (non-hydrogen) atoms. The van der Waals surface area contributed by atoms with Gasteiger partial charge in [-0.1, -0.05) is 0 Å². The van der Waals surface area contributed by atoms with E-state index in [4.69, 9.17) is 4.74 Å². The molecule has 3 rings (SSSR count). The lowest BCUT2D eigenvalue weighted by atomic mass is 10.1. The van der Waals surface area contributed by atoms with Gasteiger partial charge in [0.1, 0.15) is 11.4 Å². The Kier molecular flexibility index (Phi) is 4.66. The van der Waals surface area contributed by atoms with Crippen LogP contribution < -0.4 is 5.69 Å². The maximum absolute atomic E-state index is 13.7. The molecule has 1 aromatic heterocycles. The number of carbonyl (C=O) groups excluding carboxylic acids is 1. The van der Waals surface area contributed by atoms with Gasteiger partial charge in [-0.05, 0) is 55.6 Å². The van der Waals surface area contributed by atoms with Crippen LogP contribution in [-0.4, -0.2) is 39.2 Å². The Morgan fingerprint density at radius 3 is 2.80 bits per heavy atom. The highest BCUT2D eigenvalue weighted by Crippen LogP contribution is 2.28. The summed E-state index contributed by atoms with van der Waals surface area (Å²) in [4.78, 5) is 29.0. The quantitative estimate of drug-likeness (QED) is 0.772. The van der Waals surface area contributed by atoms with E-state index in [1.807, 2.05) is 20.8 Å². The van der Waals surface area contributed by atoms with Gasteiger partial charge < -0.3 is 14.6 Å². The van der Waals surface area contributed by atoms with E-state index in [-0.39, 0.29) is 17.8 Å². The van der Waals surface area contributed by atoms with E-state index in [0.717, 1.165) is 12.8 Å². The van der Waals surface area contributed by atoms with Gasteiger partial charge in [-0.15, -0.1) is 0 Å². The molecular weight excluding hydrogens is 393 g/mol. The molecule has 1 N–H and O–H groups in total. The third-order valence-corrected chi connectivity index (χ3v) is 4.78. The predicted molar refractivity (Wildman–Crippen MR) is 96.3 cm³/mol. The van der Waals surface area contributed by atoms with Crippen LogP contribution in [0.4, 0.5) is 9.18 Å². The van der Waals surface area contributed by atoms with Crippen LogP contribution >= 0.6 is 15.9 Å². The highest BCUT2D eigenvalue weighted by Gasteiger charge is 2.30. The van der Waals surface area contributed by atoms with Gasteiger partial charge in [0.25, 0.3) is 0 Å². The maximum atomic E-state index is 13.7. The highest BCUT2D eigenvalue weighted by atomic mass is 79.9. The molecule has 0 radical (unpaired) electrons. The van der Waals surface area contributed by atoms with Crippen LogP contribution in [0, 0.1) is 5.82 Å². The summed E-state index contributed by atoms with van der Waals surface area (Å²) in [5.74, 6) is -0.431. The Balaban J connectivity index is 1.90. The summed E-state index contributed by atoms with van der Waals surface area (Å²) in [5, 5.41) is 0. The van der Waals surface area contributed by atoms with Gasteiger partial charge in [0.2, 0.25) is 0 Å². The minimum absolute atomic E-state index is 0.181. The Morgan fingerprint density at radius 1 is 1.40 bits per heavy atom. The van der Waals surface area contributed by atoms with E-state index in [9.17, 15) is 14.0 Å². The summed E-state index contributed by atoms with van der Waals surface area (Å²) in [6.07, 6.45) is 1.16. The molecular formula is C17H21BrFN3O3. The fraction of sp³-hybridized carbons (Fsp3) is 0.529. The molecule has 2 aromatic rings. The number of ether oxygens (including phenoxy) is 1. The average Bonchev–Trinajstić information content (AvgIpc) is 2.81. The van der Waals surface area contributed by atoms with Crippen molar-refractivity contribution in [1.82, 2.24) is 14.5 Å². The zero-order chi connectivity index (χ0) is 18.4. The monoisotopic (exact) mass is 413 g/mol. The van der Waals surface area contributed by atoms with Crippen LogP contribution in [0.3, 0.4) is 0 Å². The number of nitrogens with one attached hydrogen (secondary N) is 1. The van der Waals surface area contributed by atoms with E-state index in [1.54, 1.807) is 15.5 Å². The van der Waals surface area contributed by atoms with E-state index in [1.165, 1.54) is 6.07 Å². The van der Waals surface area contributed by atoms with Crippen LogP contribution in [-0.2, 0) is 4.74 Å². The van der Waals surface area contributed by atoms with Gasteiger partial charge in [0.15, 0.2) is 0 Å². The first-order valence-corrected chi connectivity index (χ1v) is 9.02. The maximum Gasteiger partial charge on any atom is 0.410 e. The molecule has 1 aromatic carbocycles. The number of carbonyl (C=O) groups is 1. The van der Waals surface area contributed by atoms with Gasteiger partial charge >= 0.3 is 11.8 Å². The van der Waals surface area contributed by atoms with E-state index < -0.39 is 11.4 Å². The molecule has 0 aliphatic carbocycles. The number of hydrogen-bond donors (Lipinski definition) is 1. The number of piperidine rings is 1. The van der Waals surface area contributed by atoms with Crippen LogP contribution in [0.5, 0.6) is 0 Å². The molecule has 8 heteroatoms. The van der Waals surface area contributed by atoms with Crippen molar-refractivity contribution in [3.63, 3.8) is 0 Å². The summed E-state index contributed by atoms with van der Waals surface area (Å²) >= 11 is 3.16. The molecule has 0 unspecified atom stereocenters. The average molecular weight is 414 g/mol. The van der Waals surface area contributed by atoms with Crippen LogP contribution in [0.2, 0.25) is 0 Å². The van der Waals surface area contributed by atoms with Gasteiger partial charge in [0, 0.05) is 19.2 Å². The van der Waals surface area contributed by atoms with Crippen molar-refractivity contribution in [2.24, 2.45) is 0 Å². The number of hydrogen-bond acceptors (Lipinski definition) is 3. The number of aromatic nitrogens is 2. The van der Waals surface area contributed by atoms with Crippen molar-refractivity contribution in [3.8, 4) is 0 Å². The number of nitrogens with zero attached hydrogens (tertiary/aromatic N) is 2. The number of amides is 1. The topological polar surface area (TPSA) is 67.3 Å². The number of benzene rings is 1. The number of halogens is 2. The SMILES string of the molecule is CC(C)(C)OC(=O)N1CCC[C@@H](n2c(=O)[nH]c3cc(F)c(Br)cc32)C1. The smallest absolute Gasteiger partial charge is 0.410 e. The molecule has 1 amide bonds. The van der Waals surface area contributed by atoms with Crippen LogP contribution in [0.15, 0.2) is 21.4 Å². The van der Waals surface area contributed by atoms with Crippen molar-refractivity contribution in [1.29, 1.82) is 0 Å². The molecule has 1 aliphatic rings. The molecule has 0 saturated carbocycles. The molecule has 1 atom stereocenters. The van der Waals surface area contributed by atoms with Crippen molar-refractivity contribution in [2.75, 3.05) is 13.1 Å². The van der Waals surface area contributed by atoms with Crippen molar-refractivity contribution >= 4 is 33.1 Å². The zero-order valence-electron chi connectivity index (χ0n) is 14.4. The van der Waals surface area contributed by atoms with E-state index in [2.05, 4.69) is 20.9 Å². The largest absolute Gasteiger partial charge is 0.444 e. The molecule has 1 fully saturated rings. The lowest BCUT2D eigenvalue weighted by Gasteiger charge is -2.34. The number of H-pyrrole nitrogens is 1. The Labute approximate surface area is 153 Å². The van der Waals surface area contributed by atoms with Gasteiger partial charge in [-0.2, -0.15) is 0 Å². The molecule has 1 aliphatic heterocycles. The summed E-state index contributed by atoms with van der Waals surface area (Å²) < 4.78 is 21.0. The molecule has 136 valence electrons. The normalized spacial score (nSPS) is 18.6. The third-order valence-electron chi connectivity index (χ3n) is 4.17. The minimum Gasteiger partial charge on any atom is -0.444 e. The van der Waals surface area contributed by atoms with Crippen LogP contribution in [0.1, 0.15) is 39.7 Å². The van der Waals surface area contributed by atoms with Gasteiger partial charge in [-0.25, -0.2) is 14.0 Å². The first kappa shape index (κ1) is 18.0. The Bertz CT molecular complexity index is 868. The molecule has 1 saturated heterocycles. The second kappa shape index (κ2) is 6.48. The predicted octanol–water partition coefficient (Wildman–Crippen LogP) is 3.80. The van der Waals surface area contributed by atoms with Crippen molar-refractivity contribution < 1.29 is 13.9 Å².